The van der Waals surface area contributed by atoms with Crippen LogP contribution in [0.4, 0.5) is 0 Å². The van der Waals surface area contributed by atoms with E-state index in [1.54, 1.807) is 0 Å². The Kier molecular flexibility index (Phi) is 64.9. The van der Waals surface area contributed by atoms with Gasteiger partial charge in [-0.05, 0) is 51.4 Å². The monoisotopic (exact) mass is 1070 g/mol. The SMILES string of the molecule is CCCCCCCCC/C=C\CCCCCCCC(=O)OCCCCCCCCCCCCCCCCCCCCCCCCC(=O)NC(CO)C(O)CCCCCCCCCCCCCCCCCCCCCCC. The Morgan fingerprint density at radius 3 is 0.934 bits per heavy atom. The predicted octanol–water partition coefficient (Wildman–Crippen LogP) is 22.4. The van der Waals surface area contributed by atoms with Gasteiger partial charge < -0.3 is 20.3 Å². The summed E-state index contributed by atoms with van der Waals surface area (Å²) < 4.78 is 5.49. The minimum absolute atomic E-state index is 0.00716. The molecule has 0 aliphatic carbocycles. The van der Waals surface area contributed by atoms with E-state index in [0.29, 0.717) is 25.9 Å². The van der Waals surface area contributed by atoms with Crippen LogP contribution in [0.15, 0.2) is 12.2 Å². The van der Waals surface area contributed by atoms with Crippen LogP contribution >= 0.6 is 0 Å². The largest absolute Gasteiger partial charge is 0.466 e. The molecule has 0 saturated carbocycles. The summed E-state index contributed by atoms with van der Waals surface area (Å²) in [7, 11) is 0. The van der Waals surface area contributed by atoms with Gasteiger partial charge >= 0.3 is 5.97 Å². The number of amides is 1. The molecule has 0 aliphatic rings. The predicted molar refractivity (Wildman–Crippen MR) is 333 cm³/mol. The molecule has 0 aromatic heterocycles. The van der Waals surface area contributed by atoms with Crippen molar-refractivity contribution in [3.8, 4) is 0 Å². The second-order valence-corrected chi connectivity index (χ2v) is 24.2. The van der Waals surface area contributed by atoms with E-state index in [1.165, 1.54) is 321 Å². The summed E-state index contributed by atoms with van der Waals surface area (Å²) in [6.07, 6.45) is 81.0. The highest BCUT2D eigenvalue weighted by Gasteiger charge is 2.20. The van der Waals surface area contributed by atoms with Gasteiger partial charge in [-0.15, -0.1) is 0 Å². The van der Waals surface area contributed by atoms with Crippen molar-refractivity contribution in [3.05, 3.63) is 12.2 Å². The fourth-order valence-electron chi connectivity index (χ4n) is 11.2. The molecule has 3 N–H and O–H groups in total. The van der Waals surface area contributed by atoms with Crippen LogP contribution in [0, 0.1) is 0 Å². The maximum Gasteiger partial charge on any atom is 0.305 e. The van der Waals surface area contributed by atoms with Crippen molar-refractivity contribution in [3.63, 3.8) is 0 Å². The molecule has 0 aromatic rings. The minimum Gasteiger partial charge on any atom is -0.466 e. The lowest BCUT2D eigenvalue weighted by atomic mass is 10.0. The van der Waals surface area contributed by atoms with Crippen molar-refractivity contribution >= 4 is 11.9 Å². The van der Waals surface area contributed by atoms with Crippen molar-refractivity contribution in [2.75, 3.05) is 13.2 Å². The molecule has 0 saturated heterocycles. The maximum atomic E-state index is 12.5. The summed E-state index contributed by atoms with van der Waals surface area (Å²) in [5, 5.41) is 23.4. The summed E-state index contributed by atoms with van der Waals surface area (Å²) in [6, 6.07) is -0.542. The average molecular weight is 1070 g/mol. The van der Waals surface area contributed by atoms with Gasteiger partial charge in [-0.25, -0.2) is 0 Å². The summed E-state index contributed by atoms with van der Waals surface area (Å²) in [4.78, 5) is 24.6. The Labute approximate surface area is 476 Å². The van der Waals surface area contributed by atoms with Gasteiger partial charge in [-0.3, -0.25) is 9.59 Å². The number of ether oxygens (including phenoxy) is 1. The highest BCUT2D eigenvalue weighted by molar-refractivity contribution is 5.76. The van der Waals surface area contributed by atoms with E-state index in [1.807, 2.05) is 0 Å². The zero-order chi connectivity index (χ0) is 55.0. The first-order valence-electron chi connectivity index (χ1n) is 34.9. The lowest BCUT2D eigenvalue weighted by Crippen LogP contribution is -2.45. The summed E-state index contributed by atoms with van der Waals surface area (Å²) in [6.45, 7) is 4.99. The van der Waals surface area contributed by atoms with E-state index in [4.69, 9.17) is 4.74 Å². The Morgan fingerprint density at radius 2 is 0.618 bits per heavy atom. The lowest BCUT2D eigenvalue weighted by Gasteiger charge is -2.22. The number of esters is 1. The number of carbonyl (C=O) groups excluding carboxylic acids is 2. The Balaban J connectivity index is 3.37. The molecule has 76 heavy (non-hydrogen) atoms. The standard InChI is InChI=1S/C70H137NO5/c1-3-5-7-9-11-13-15-17-19-21-22-25-28-31-34-38-42-46-50-54-58-62-68(73)67(66-72)71-69(74)63-59-55-51-47-43-39-35-32-29-26-23-24-27-30-33-37-41-45-49-53-57-61-65-76-70(75)64-60-56-52-48-44-40-36-20-18-16-14-12-10-8-6-4-2/h20,36,67-68,72-73H,3-19,21-35,37-66H2,1-2H3,(H,71,74)/b36-20-. The molecule has 6 nitrogen and oxygen atoms in total. The van der Waals surface area contributed by atoms with Crippen LogP contribution in [-0.4, -0.2) is 47.4 Å². The van der Waals surface area contributed by atoms with Gasteiger partial charge in [0.25, 0.3) is 0 Å². The molecule has 0 aliphatic heterocycles. The van der Waals surface area contributed by atoms with E-state index >= 15 is 0 Å². The van der Waals surface area contributed by atoms with Crippen molar-refractivity contribution in [2.24, 2.45) is 0 Å². The summed E-state index contributed by atoms with van der Waals surface area (Å²) in [5.74, 6) is -0.0233. The lowest BCUT2D eigenvalue weighted by molar-refractivity contribution is -0.143. The molecule has 0 rings (SSSR count). The van der Waals surface area contributed by atoms with Crippen molar-refractivity contribution in [2.45, 2.75) is 411 Å². The molecular weight excluding hydrogens is 935 g/mol. The summed E-state index contributed by atoms with van der Waals surface area (Å²) >= 11 is 0. The molecule has 2 unspecified atom stereocenters. The fourth-order valence-corrected chi connectivity index (χ4v) is 11.2. The molecule has 0 radical (unpaired) electrons. The van der Waals surface area contributed by atoms with Gasteiger partial charge in [0.2, 0.25) is 5.91 Å². The van der Waals surface area contributed by atoms with Gasteiger partial charge in [0, 0.05) is 12.8 Å². The number of unbranched alkanes of at least 4 members (excludes halogenated alkanes) is 53. The van der Waals surface area contributed by atoms with E-state index in [2.05, 4.69) is 31.3 Å². The van der Waals surface area contributed by atoms with E-state index in [0.717, 1.165) is 44.9 Å². The number of hydrogen-bond donors (Lipinski definition) is 3. The van der Waals surface area contributed by atoms with Gasteiger partial charge in [0.15, 0.2) is 0 Å². The number of carbonyl (C=O) groups is 2. The minimum atomic E-state index is -0.665. The first-order chi connectivity index (χ1) is 37.5. The molecule has 0 fully saturated rings. The zero-order valence-electron chi connectivity index (χ0n) is 51.8. The average Bonchev–Trinajstić information content (AvgIpc) is 3.42. The number of nitrogens with one attached hydrogen (secondary N) is 1. The zero-order valence-corrected chi connectivity index (χ0v) is 51.8. The van der Waals surface area contributed by atoms with Crippen molar-refractivity contribution in [1.29, 1.82) is 0 Å². The smallest absolute Gasteiger partial charge is 0.305 e. The quantitative estimate of drug-likeness (QED) is 0.0320. The van der Waals surface area contributed by atoms with Crippen LogP contribution < -0.4 is 5.32 Å². The highest BCUT2D eigenvalue weighted by atomic mass is 16.5. The molecule has 6 heteroatoms. The normalized spacial score (nSPS) is 12.5. The van der Waals surface area contributed by atoms with Crippen LogP contribution in [0.3, 0.4) is 0 Å². The second kappa shape index (κ2) is 66.1. The van der Waals surface area contributed by atoms with Gasteiger partial charge in [-0.1, -0.05) is 347 Å². The molecule has 0 bridgehead atoms. The van der Waals surface area contributed by atoms with Crippen molar-refractivity contribution in [1.82, 2.24) is 5.32 Å². The van der Waals surface area contributed by atoms with E-state index in [-0.39, 0.29) is 18.5 Å². The topological polar surface area (TPSA) is 95.9 Å². The summed E-state index contributed by atoms with van der Waals surface area (Å²) in [5.41, 5.74) is 0. The first kappa shape index (κ1) is 74.6. The molecule has 452 valence electrons. The third-order valence-electron chi connectivity index (χ3n) is 16.6. The van der Waals surface area contributed by atoms with E-state index < -0.39 is 12.1 Å². The Bertz CT molecular complexity index is 1140. The Morgan fingerprint density at radius 1 is 0.355 bits per heavy atom. The molecule has 1 amide bonds. The Hall–Kier alpha value is -1.40. The second-order valence-electron chi connectivity index (χ2n) is 24.2. The molecule has 0 heterocycles. The molecule has 0 spiro atoms. The van der Waals surface area contributed by atoms with Crippen LogP contribution in [0.2, 0.25) is 0 Å². The van der Waals surface area contributed by atoms with Gasteiger partial charge in [-0.2, -0.15) is 0 Å². The number of aliphatic hydroxyl groups excluding tert-OH is 2. The molecule has 2 atom stereocenters. The third-order valence-corrected chi connectivity index (χ3v) is 16.6. The number of allylic oxidation sites excluding steroid dienone is 2. The van der Waals surface area contributed by atoms with Crippen molar-refractivity contribution < 1.29 is 24.5 Å². The first-order valence-corrected chi connectivity index (χ1v) is 34.9. The number of rotatable bonds is 66. The molecule has 0 aromatic carbocycles. The van der Waals surface area contributed by atoms with Gasteiger partial charge in [0.1, 0.15) is 0 Å². The van der Waals surface area contributed by atoms with Gasteiger partial charge in [0.05, 0.1) is 25.4 Å². The number of aliphatic hydroxyl groups is 2. The highest BCUT2D eigenvalue weighted by Crippen LogP contribution is 2.19. The number of hydrogen-bond acceptors (Lipinski definition) is 5. The van der Waals surface area contributed by atoms with Crippen LogP contribution in [0.1, 0.15) is 399 Å². The van der Waals surface area contributed by atoms with Crippen LogP contribution in [-0.2, 0) is 14.3 Å². The molecular formula is C70H137NO5. The van der Waals surface area contributed by atoms with Crippen LogP contribution in [0.5, 0.6) is 0 Å². The third kappa shape index (κ3) is 61.8. The van der Waals surface area contributed by atoms with Crippen LogP contribution in [0.25, 0.3) is 0 Å². The maximum absolute atomic E-state index is 12.5. The fraction of sp³-hybridized carbons (Fsp3) is 0.943. The van der Waals surface area contributed by atoms with E-state index in [9.17, 15) is 19.8 Å².